The normalized spacial score (nSPS) is 26.1. The molecular weight excluding hydrogens is 202 g/mol. The molecule has 1 unspecified atom stereocenters. The Bertz CT molecular complexity index is 305. The zero-order valence-corrected chi connectivity index (χ0v) is 8.72. The molecule has 3 rings (SSSR count). The molecule has 14 heavy (non-hydrogen) atoms. The first-order valence-corrected chi connectivity index (χ1v) is 4.97. The van der Waals surface area contributed by atoms with Crippen LogP contribution in [0, 0.1) is 0 Å². The number of halogens is 1. The molecule has 1 aromatic heterocycles. The summed E-state index contributed by atoms with van der Waals surface area (Å²) in [7, 11) is 0. The van der Waals surface area contributed by atoms with E-state index in [1.807, 2.05) is 0 Å². The van der Waals surface area contributed by atoms with E-state index in [2.05, 4.69) is 15.5 Å². The minimum atomic E-state index is 0. The predicted molar refractivity (Wildman–Crippen MR) is 53.7 cm³/mol. The lowest BCUT2D eigenvalue weighted by Gasteiger charge is -1.98. The first-order chi connectivity index (χ1) is 6.43. The minimum Gasteiger partial charge on any atom is -0.339 e. The summed E-state index contributed by atoms with van der Waals surface area (Å²) >= 11 is 0. The Labute approximate surface area is 88.9 Å². The van der Waals surface area contributed by atoms with Gasteiger partial charge < -0.3 is 9.84 Å². The summed E-state index contributed by atoms with van der Waals surface area (Å²) in [5, 5.41) is 7.31. The molecule has 0 spiro atoms. The highest BCUT2D eigenvalue weighted by molar-refractivity contribution is 5.85. The van der Waals surface area contributed by atoms with Crippen LogP contribution in [0.1, 0.15) is 42.8 Å². The number of rotatable bonds is 2. The van der Waals surface area contributed by atoms with Crippen LogP contribution in [0.3, 0.4) is 0 Å². The van der Waals surface area contributed by atoms with Crippen molar-refractivity contribution in [2.45, 2.75) is 31.1 Å². The molecule has 0 radical (unpaired) electrons. The molecule has 2 heterocycles. The number of nitrogens with one attached hydrogen (secondary N) is 1. The van der Waals surface area contributed by atoms with Crippen molar-refractivity contribution in [2.75, 3.05) is 13.1 Å². The van der Waals surface area contributed by atoms with Gasteiger partial charge >= 0.3 is 0 Å². The lowest BCUT2D eigenvalue weighted by molar-refractivity contribution is 0.354. The van der Waals surface area contributed by atoms with Crippen LogP contribution in [0.2, 0.25) is 0 Å². The number of hydrogen-bond acceptors (Lipinski definition) is 4. The standard InChI is InChI=1S/C9H13N3O.ClH/c1-2-6(1)8-11-9(13-12-8)7-3-4-10-5-7;/h6-7,10H,1-5H2;1H. The Balaban J connectivity index is 0.000000750. The first-order valence-electron chi connectivity index (χ1n) is 4.97. The van der Waals surface area contributed by atoms with Crippen LogP contribution in [-0.2, 0) is 0 Å². The summed E-state index contributed by atoms with van der Waals surface area (Å²) in [5.41, 5.74) is 0. The van der Waals surface area contributed by atoms with Gasteiger partial charge in [-0.15, -0.1) is 12.4 Å². The van der Waals surface area contributed by atoms with Crippen molar-refractivity contribution < 1.29 is 4.52 Å². The monoisotopic (exact) mass is 215 g/mol. The fourth-order valence-electron chi connectivity index (χ4n) is 1.79. The van der Waals surface area contributed by atoms with Gasteiger partial charge in [-0.3, -0.25) is 0 Å². The summed E-state index contributed by atoms with van der Waals surface area (Å²) in [4.78, 5) is 4.44. The molecule has 2 fully saturated rings. The van der Waals surface area contributed by atoms with E-state index in [9.17, 15) is 0 Å². The second kappa shape index (κ2) is 3.87. The Kier molecular flexibility index (Phi) is 2.74. The van der Waals surface area contributed by atoms with Crippen LogP contribution in [0.15, 0.2) is 4.52 Å². The van der Waals surface area contributed by atoms with Gasteiger partial charge in [0.1, 0.15) is 0 Å². The van der Waals surface area contributed by atoms with E-state index in [1.165, 1.54) is 12.8 Å². The summed E-state index contributed by atoms with van der Waals surface area (Å²) in [6, 6.07) is 0. The zero-order chi connectivity index (χ0) is 8.67. The van der Waals surface area contributed by atoms with Crippen LogP contribution >= 0.6 is 12.4 Å². The molecule has 1 N–H and O–H groups in total. The van der Waals surface area contributed by atoms with Gasteiger partial charge in [-0.05, 0) is 25.8 Å². The van der Waals surface area contributed by atoms with Crippen LogP contribution in [0.4, 0.5) is 0 Å². The van der Waals surface area contributed by atoms with Crippen molar-refractivity contribution in [3.63, 3.8) is 0 Å². The summed E-state index contributed by atoms with van der Waals surface area (Å²) in [5.74, 6) is 2.83. The number of aromatic nitrogens is 2. The van der Waals surface area contributed by atoms with E-state index in [0.717, 1.165) is 31.2 Å². The molecule has 0 aromatic carbocycles. The lowest BCUT2D eigenvalue weighted by Crippen LogP contribution is -2.08. The van der Waals surface area contributed by atoms with Crippen LogP contribution in [0.25, 0.3) is 0 Å². The maximum Gasteiger partial charge on any atom is 0.231 e. The van der Waals surface area contributed by atoms with Crippen LogP contribution in [-0.4, -0.2) is 23.2 Å². The van der Waals surface area contributed by atoms with Gasteiger partial charge in [0.15, 0.2) is 5.82 Å². The zero-order valence-electron chi connectivity index (χ0n) is 7.90. The molecule has 0 amide bonds. The maximum absolute atomic E-state index is 5.25. The van der Waals surface area contributed by atoms with Crippen molar-refractivity contribution in [1.29, 1.82) is 0 Å². The van der Waals surface area contributed by atoms with Crippen molar-refractivity contribution in [3.05, 3.63) is 11.7 Å². The minimum absolute atomic E-state index is 0. The third kappa shape index (κ3) is 1.77. The Morgan fingerprint density at radius 2 is 2.07 bits per heavy atom. The second-order valence-electron chi connectivity index (χ2n) is 3.95. The average molecular weight is 216 g/mol. The number of nitrogens with zero attached hydrogens (tertiary/aromatic N) is 2. The van der Waals surface area contributed by atoms with E-state index in [1.54, 1.807) is 0 Å². The van der Waals surface area contributed by atoms with E-state index in [4.69, 9.17) is 4.52 Å². The van der Waals surface area contributed by atoms with Gasteiger partial charge in [-0.25, -0.2) is 0 Å². The van der Waals surface area contributed by atoms with Gasteiger partial charge in [-0.1, -0.05) is 5.16 Å². The number of hydrogen-bond donors (Lipinski definition) is 1. The third-order valence-electron chi connectivity index (χ3n) is 2.81. The maximum atomic E-state index is 5.25. The van der Waals surface area contributed by atoms with Crippen molar-refractivity contribution in [2.24, 2.45) is 0 Å². The SMILES string of the molecule is C1CC(c2nc(C3CC3)no2)CN1.Cl. The van der Waals surface area contributed by atoms with E-state index >= 15 is 0 Å². The highest BCUT2D eigenvalue weighted by Gasteiger charge is 2.30. The molecule has 1 saturated carbocycles. The molecule has 1 aliphatic heterocycles. The molecule has 1 aromatic rings. The smallest absolute Gasteiger partial charge is 0.231 e. The summed E-state index contributed by atoms with van der Waals surface area (Å²) in [6.07, 6.45) is 3.61. The second-order valence-corrected chi connectivity index (χ2v) is 3.95. The molecule has 1 aliphatic carbocycles. The Morgan fingerprint density at radius 3 is 2.71 bits per heavy atom. The fraction of sp³-hybridized carbons (Fsp3) is 0.778. The average Bonchev–Trinajstić information content (AvgIpc) is 2.72. The largest absolute Gasteiger partial charge is 0.339 e. The molecule has 0 bridgehead atoms. The van der Waals surface area contributed by atoms with Crippen molar-refractivity contribution in [1.82, 2.24) is 15.5 Å². The van der Waals surface area contributed by atoms with Crippen molar-refractivity contribution >= 4 is 12.4 Å². The summed E-state index contributed by atoms with van der Waals surface area (Å²) in [6.45, 7) is 2.07. The van der Waals surface area contributed by atoms with Crippen LogP contribution < -0.4 is 5.32 Å². The Hall–Kier alpha value is -0.610. The van der Waals surface area contributed by atoms with Gasteiger partial charge in [0.25, 0.3) is 0 Å². The molecule has 4 nitrogen and oxygen atoms in total. The van der Waals surface area contributed by atoms with E-state index < -0.39 is 0 Å². The first kappa shape index (κ1) is 9.93. The van der Waals surface area contributed by atoms with E-state index in [0.29, 0.717) is 11.8 Å². The highest BCUT2D eigenvalue weighted by atomic mass is 35.5. The quantitative estimate of drug-likeness (QED) is 0.811. The molecular formula is C9H14ClN3O. The fourth-order valence-corrected chi connectivity index (χ4v) is 1.79. The summed E-state index contributed by atoms with van der Waals surface area (Å²) < 4.78 is 5.25. The van der Waals surface area contributed by atoms with Crippen LogP contribution in [0.5, 0.6) is 0 Å². The van der Waals surface area contributed by atoms with Gasteiger partial charge in [0.05, 0.1) is 5.92 Å². The molecule has 2 aliphatic rings. The molecule has 78 valence electrons. The topological polar surface area (TPSA) is 51.0 Å². The lowest BCUT2D eigenvalue weighted by atomic mass is 10.1. The van der Waals surface area contributed by atoms with Gasteiger partial charge in [0, 0.05) is 12.5 Å². The molecule has 1 saturated heterocycles. The van der Waals surface area contributed by atoms with Gasteiger partial charge in [0.2, 0.25) is 5.89 Å². The van der Waals surface area contributed by atoms with Crippen molar-refractivity contribution in [3.8, 4) is 0 Å². The predicted octanol–water partition coefficient (Wildman–Crippen LogP) is 1.45. The Morgan fingerprint density at radius 1 is 1.21 bits per heavy atom. The highest BCUT2D eigenvalue weighted by Crippen LogP contribution is 2.38. The molecule has 5 heteroatoms. The van der Waals surface area contributed by atoms with Gasteiger partial charge in [-0.2, -0.15) is 4.98 Å². The molecule has 1 atom stereocenters. The third-order valence-corrected chi connectivity index (χ3v) is 2.81. The van der Waals surface area contributed by atoms with E-state index in [-0.39, 0.29) is 12.4 Å².